The molecule has 4 rings (SSSR count). The Morgan fingerprint density at radius 2 is 1.60 bits per heavy atom. The van der Waals surface area contributed by atoms with Crippen molar-refractivity contribution < 1.29 is 27.1 Å². The molecule has 9 heteroatoms. The summed E-state index contributed by atoms with van der Waals surface area (Å²) in [7, 11) is -2.39. The van der Waals surface area contributed by atoms with Gasteiger partial charge in [-0.15, -0.1) is 0 Å². The van der Waals surface area contributed by atoms with Gasteiger partial charge in [-0.1, -0.05) is 18.2 Å². The lowest BCUT2D eigenvalue weighted by atomic mass is 9.73. The molecule has 0 aromatic heterocycles. The number of sulfonamides is 1. The number of nitrogens with one attached hydrogen (secondary N) is 2. The highest BCUT2D eigenvalue weighted by Crippen LogP contribution is 2.36. The molecule has 1 amide bonds. The summed E-state index contributed by atoms with van der Waals surface area (Å²) < 4.78 is 52.9. The van der Waals surface area contributed by atoms with Crippen LogP contribution in [-0.4, -0.2) is 34.6 Å². The van der Waals surface area contributed by atoms with Gasteiger partial charge < -0.3 is 14.8 Å². The Kier molecular flexibility index (Phi) is 7.09. The van der Waals surface area contributed by atoms with E-state index in [0.29, 0.717) is 54.3 Å². The molecule has 3 aromatic rings. The molecule has 1 fully saturated rings. The molecule has 0 unspecified atom stereocenters. The Bertz CT molecular complexity index is 1300. The number of carbonyl (C=O) groups excluding carboxylic acids is 1. The van der Waals surface area contributed by atoms with Crippen LogP contribution in [0.4, 0.5) is 15.8 Å². The summed E-state index contributed by atoms with van der Waals surface area (Å²) in [5.41, 5.74) is 1.06. The van der Waals surface area contributed by atoms with E-state index in [4.69, 9.17) is 9.47 Å². The smallest absolute Gasteiger partial charge is 0.262 e. The molecule has 0 bridgehead atoms. The molecule has 0 radical (unpaired) electrons. The largest absolute Gasteiger partial charge is 0.497 e. The summed E-state index contributed by atoms with van der Waals surface area (Å²) in [5.74, 6) is -0.0612. The lowest BCUT2D eigenvalue weighted by Gasteiger charge is -2.36. The van der Waals surface area contributed by atoms with E-state index in [9.17, 15) is 17.6 Å². The molecule has 3 aromatic carbocycles. The average molecular weight is 499 g/mol. The molecule has 0 spiro atoms. The van der Waals surface area contributed by atoms with Crippen molar-refractivity contribution in [2.24, 2.45) is 0 Å². The fourth-order valence-electron chi connectivity index (χ4n) is 4.22. The summed E-state index contributed by atoms with van der Waals surface area (Å²) in [6.45, 7) is 2.47. The number of methoxy groups -OCH3 is 1. The first-order valence-corrected chi connectivity index (χ1v) is 12.6. The highest BCUT2D eigenvalue weighted by molar-refractivity contribution is 7.92. The van der Waals surface area contributed by atoms with E-state index in [1.807, 2.05) is 0 Å². The van der Waals surface area contributed by atoms with Gasteiger partial charge in [-0.3, -0.25) is 9.52 Å². The number of halogens is 1. The predicted octanol–water partition coefficient (Wildman–Crippen LogP) is 4.63. The Morgan fingerprint density at radius 3 is 2.23 bits per heavy atom. The van der Waals surface area contributed by atoms with Crippen LogP contribution in [0, 0.1) is 12.7 Å². The van der Waals surface area contributed by atoms with Crippen LogP contribution in [0.5, 0.6) is 5.75 Å². The van der Waals surface area contributed by atoms with Gasteiger partial charge >= 0.3 is 0 Å². The summed E-state index contributed by atoms with van der Waals surface area (Å²) in [6.07, 6.45) is 0.862. The second-order valence-electron chi connectivity index (χ2n) is 8.47. The second-order valence-corrected chi connectivity index (χ2v) is 10.1. The maximum atomic E-state index is 13.5. The molecule has 1 aliphatic rings. The van der Waals surface area contributed by atoms with Gasteiger partial charge in [0.2, 0.25) is 5.91 Å². The highest BCUT2D eigenvalue weighted by atomic mass is 32.2. The van der Waals surface area contributed by atoms with Crippen LogP contribution in [0.3, 0.4) is 0 Å². The van der Waals surface area contributed by atoms with E-state index in [1.54, 1.807) is 55.5 Å². The molecule has 35 heavy (non-hydrogen) atoms. The topological polar surface area (TPSA) is 93.7 Å². The Labute approximate surface area is 204 Å². The SMILES string of the molecule is COc1ccc(NS(=O)(=O)c2cc(NC(=O)C3(c4ccc(F)cc4)CCOCC3)ccc2C)cc1. The van der Waals surface area contributed by atoms with Gasteiger partial charge in [0.25, 0.3) is 10.0 Å². The maximum Gasteiger partial charge on any atom is 0.262 e. The van der Waals surface area contributed by atoms with Crippen LogP contribution in [0.25, 0.3) is 0 Å². The van der Waals surface area contributed by atoms with Crippen LogP contribution < -0.4 is 14.8 Å². The summed E-state index contributed by atoms with van der Waals surface area (Å²) in [6, 6.07) is 17.2. The standard InChI is InChI=1S/C26H27FN2O5S/c1-18-3-8-22(17-24(18)35(31,32)29-21-9-11-23(33-2)12-10-21)28-25(30)26(13-15-34-16-14-26)19-4-6-20(27)7-5-19/h3-12,17,29H,13-16H2,1-2H3,(H,28,30). The molecular weight excluding hydrogens is 471 g/mol. The molecular formula is C26H27FN2O5S. The highest BCUT2D eigenvalue weighted by Gasteiger charge is 2.41. The van der Waals surface area contributed by atoms with Crippen molar-refractivity contribution in [3.05, 3.63) is 83.7 Å². The van der Waals surface area contributed by atoms with Crippen LogP contribution in [0.15, 0.2) is 71.6 Å². The summed E-state index contributed by atoms with van der Waals surface area (Å²) in [4.78, 5) is 13.6. The van der Waals surface area contributed by atoms with Crippen molar-refractivity contribution >= 4 is 27.3 Å². The van der Waals surface area contributed by atoms with Gasteiger partial charge in [-0.25, -0.2) is 12.8 Å². The van der Waals surface area contributed by atoms with Gasteiger partial charge in [0.1, 0.15) is 11.6 Å². The molecule has 184 valence electrons. The average Bonchev–Trinajstić information content (AvgIpc) is 2.86. The first-order chi connectivity index (χ1) is 16.7. The maximum absolute atomic E-state index is 13.5. The quantitative estimate of drug-likeness (QED) is 0.495. The van der Waals surface area contributed by atoms with Gasteiger partial charge in [-0.05, 0) is 79.4 Å². The van der Waals surface area contributed by atoms with E-state index < -0.39 is 15.4 Å². The van der Waals surface area contributed by atoms with Crippen molar-refractivity contribution in [1.82, 2.24) is 0 Å². The zero-order valence-electron chi connectivity index (χ0n) is 19.5. The van der Waals surface area contributed by atoms with E-state index in [2.05, 4.69) is 10.0 Å². The molecule has 2 N–H and O–H groups in total. The van der Waals surface area contributed by atoms with Gasteiger partial charge in [0.15, 0.2) is 0 Å². The molecule has 7 nitrogen and oxygen atoms in total. The molecule has 1 saturated heterocycles. The Balaban J connectivity index is 1.60. The van der Waals surface area contributed by atoms with Crippen molar-refractivity contribution in [3.8, 4) is 5.75 Å². The fraction of sp³-hybridized carbons (Fsp3) is 0.269. The number of carbonyl (C=O) groups is 1. The fourth-order valence-corrected chi connectivity index (χ4v) is 5.55. The number of amides is 1. The number of rotatable bonds is 7. The lowest BCUT2D eigenvalue weighted by molar-refractivity contribution is -0.125. The normalized spacial score (nSPS) is 15.3. The van der Waals surface area contributed by atoms with E-state index in [1.165, 1.54) is 25.3 Å². The Hall–Kier alpha value is -3.43. The second kappa shape index (κ2) is 10.1. The predicted molar refractivity (Wildman–Crippen MR) is 132 cm³/mol. The van der Waals surface area contributed by atoms with Crippen LogP contribution in [-0.2, 0) is 25.0 Å². The van der Waals surface area contributed by atoms with Crippen LogP contribution in [0.2, 0.25) is 0 Å². The summed E-state index contributed by atoms with van der Waals surface area (Å²) >= 11 is 0. The number of anilines is 2. The van der Waals surface area contributed by atoms with E-state index >= 15 is 0 Å². The van der Waals surface area contributed by atoms with Gasteiger partial charge in [0.05, 0.1) is 17.4 Å². The minimum absolute atomic E-state index is 0.0499. The Morgan fingerprint density at radius 1 is 0.971 bits per heavy atom. The number of hydrogen-bond donors (Lipinski definition) is 2. The van der Waals surface area contributed by atoms with Crippen molar-refractivity contribution in [2.45, 2.75) is 30.1 Å². The van der Waals surface area contributed by atoms with Crippen molar-refractivity contribution in [1.29, 1.82) is 0 Å². The van der Waals surface area contributed by atoms with Crippen LogP contribution >= 0.6 is 0 Å². The van der Waals surface area contributed by atoms with Crippen molar-refractivity contribution in [3.63, 3.8) is 0 Å². The van der Waals surface area contributed by atoms with Gasteiger partial charge in [0, 0.05) is 24.6 Å². The minimum atomic E-state index is -3.92. The lowest BCUT2D eigenvalue weighted by Crippen LogP contribution is -2.44. The molecule has 1 heterocycles. The molecule has 1 aliphatic heterocycles. The number of aryl methyl sites for hydroxylation is 1. The minimum Gasteiger partial charge on any atom is -0.497 e. The van der Waals surface area contributed by atoms with Gasteiger partial charge in [-0.2, -0.15) is 0 Å². The number of hydrogen-bond acceptors (Lipinski definition) is 5. The third-order valence-corrected chi connectivity index (χ3v) is 7.78. The van der Waals surface area contributed by atoms with Crippen molar-refractivity contribution in [2.75, 3.05) is 30.4 Å². The number of ether oxygens (including phenoxy) is 2. The molecule has 0 saturated carbocycles. The first kappa shape index (κ1) is 24.7. The third-order valence-electron chi connectivity index (χ3n) is 6.26. The van der Waals surface area contributed by atoms with E-state index in [-0.39, 0.29) is 16.6 Å². The zero-order valence-corrected chi connectivity index (χ0v) is 20.3. The third kappa shape index (κ3) is 5.31. The van der Waals surface area contributed by atoms with Crippen LogP contribution in [0.1, 0.15) is 24.0 Å². The number of benzene rings is 3. The molecule has 0 aliphatic carbocycles. The van der Waals surface area contributed by atoms with E-state index in [0.717, 1.165) is 0 Å². The first-order valence-electron chi connectivity index (χ1n) is 11.2. The molecule has 0 atom stereocenters. The summed E-state index contributed by atoms with van der Waals surface area (Å²) in [5, 5.41) is 2.89. The zero-order chi connectivity index (χ0) is 25.1. The monoisotopic (exact) mass is 498 g/mol.